The smallest absolute Gasteiger partial charge is 0.0497 e. The van der Waals surface area contributed by atoms with Crippen LogP contribution < -0.4 is 0 Å². The van der Waals surface area contributed by atoms with Crippen molar-refractivity contribution < 1.29 is 5.11 Å². The second-order valence-corrected chi connectivity index (χ2v) is 6.30. The average Bonchev–Trinajstić information content (AvgIpc) is 2.83. The van der Waals surface area contributed by atoms with E-state index in [1.807, 2.05) is 0 Å². The molecule has 0 radical (unpaired) electrons. The first kappa shape index (κ1) is 12.2. The van der Waals surface area contributed by atoms with E-state index in [1.165, 1.54) is 36.9 Å². The fraction of sp³-hybridized carbons (Fsp3) is 0.625. The van der Waals surface area contributed by atoms with Crippen molar-refractivity contribution >= 4 is 0 Å². The average molecular weight is 245 g/mol. The Morgan fingerprint density at radius 3 is 3.06 bits per heavy atom. The number of rotatable bonds is 2. The Bertz CT molecular complexity index is 431. The molecule has 18 heavy (non-hydrogen) atoms. The molecule has 0 amide bonds. The first-order chi connectivity index (χ1) is 8.72. The number of piperidine rings is 1. The molecule has 2 atom stereocenters. The highest BCUT2D eigenvalue weighted by molar-refractivity contribution is 5.34. The summed E-state index contributed by atoms with van der Waals surface area (Å²) in [5, 5.41) is 9.58. The number of aryl methyl sites for hydroxylation is 1. The lowest BCUT2D eigenvalue weighted by atomic mass is 9.82. The topological polar surface area (TPSA) is 23.5 Å². The molecule has 0 aromatic heterocycles. The van der Waals surface area contributed by atoms with Crippen LogP contribution in [-0.4, -0.2) is 29.7 Å². The Morgan fingerprint density at radius 1 is 1.39 bits per heavy atom. The van der Waals surface area contributed by atoms with Crippen molar-refractivity contribution in [2.24, 2.45) is 5.41 Å². The Kier molecular flexibility index (Phi) is 3.16. The van der Waals surface area contributed by atoms with Gasteiger partial charge in [0.25, 0.3) is 0 Å². The highest BCUT2D eigenvalue weighted by Gasteiger charge is 2.36. The Balaban J connectivity index is 1.80. The van der Waals surface area contributed by atoms with Crippen LogP contribution in [-0.2, 0) is 6.42 Å². The molecule has 2 nitrogen and oxygen atoms in total. The van der Waals surface area contributed by atoms with Crippen LogP contribution in [0.3, 0.4) is 0 Å². The number of likely N-dealkylation sites (tertiary alicyclic amines) is 1. The summed E-state index contributed by atoms with van der Waals surface area (Å²) in [7, 11) is 0. The van der Waals surface area contributed by atoms with Crippen LogP contribution in [0.5, 0.6) is 0 Å². The fourth-order valence-corrected chi connectivity index (χ4v) is 3.67. The highest BCUT2D eigenvalue weighted by Crippen LogP contribution is 2.40. The predicted molar refractivity (Wildman–Crippen MR) is 73.5 cm³/mol. The molecule has 1 saturated heterocycles. The predicted octanol–water partition coefficient (Wildman–Crippen LogP) is 2.77. The van der Waals surface area contributed by atoms with Crippen LogP contribution in [0.25, 0.3) is 0 Å². The van der Waals surface area contributed by atoms with E-state index in [-0.39, 0.29) is 5.41 Å². The quantitative estimate of drug-likeness (QED) is 0.866. The second kappa shape index (κ2) is 4.67. The van der Waals surface area contributed by atoms with E-state index in [4.69, 9.17) is 0 Å². The molecule has 1 aromatic rings. The van der Waals surface area contributed by atoms with Gasteiger partial charge >= 0.3 is 0 Å². The SMILES string of the molecule is CC1(CO)CCCN(C2CCc3ccccc32)C1. The van der Waals surface area contributed by atoms with Gasteiger partial charge in [-0.25, -0.2) is 0 Å². The van der Waals surface area contributed by atoms with Gasteiger partial charge in [0.15, 0.2) is 0 Å². The Hall–Kier alpha value is -0.860. The van der Waals surface area contributed by atoms with Crippen molar-refractivity contribution in [2.45, 2.75) is 38.6 Å². The lowest BCUT2D eigenvalue weighted by molar-refractivity contribution is 0.0245. The molecular weight excluding hydrogens is 222 g/mol. The summed E-state index contributed by atoms with van der Waals surface area (Å²) in [6, 6.07) is 9.46. The van der Waals surface area contributed by atoms with Gasteiger partial charge in [-0.3, -0.25) is 4.90 Å². The fourth-order valence-electron chi connectivity index (χ4n) is 3.67. The van der Waals surface area contributed by atoms with E-state index >= 15 is 0 Å². The summed E-state index contributed by atoms with van der Waals surface area (Å²) >= 11 is 0. The summed E-state index contributed by atoms with van der Waals surface area (Å²) < 4.78 is 0. The van der Waals surface area contributed by atoms with Gasteiger partial charge in [0.2, 0.25) is 0 Å². The van der Waals surface area contributed by atoms with Crippen LogP contribution >= 0.6 is 0 Å². The summed E-state index contributed by atoms with van der Waals surface area (Å²) in [4.78, 5) is 2.60. The zero-order chi connectivity index (χ0) is 12.6. The molecule has 2 aliphatic rings. The van der Waals surface area contributed by atoms with Crippen LogP contribution in [0.1, 0.15) is 43.4 Å². The van der Waals surface area contributed by atoms with Crippen molar-refractivity contribution in [3.05, 3.63) is 35.4 Å². The molecule has 2 unspecified atom stereocenters. The molecular formula is C16H23NO. The van der Waals surface area contributed by atoms with Crippen LogP contribution in [0, 0.1) is 5.41 Å². The van der Waals surface area contributed by atoms with Gasteiger partial charge in [-0.15, -0.1) is 0 Å². The highest BCUT2D eigenvalue weighted by atomic mass is 16.3. The monoisotopic (exact) mass is 245 g/mol. The standard InChI is InChI=1S/C16H23NO/c1-16(12-18)9-4-10-17(11-16)15-8-7-13-5-2-3-6-14(13)15/h2-3,5-6,15,18H,4,7-12H2,1H3. The first-order valence-electron chi connectivity index (χ1n) is 7.15. The number of nitrogens with zero attached hydrogens (tertiary/aromatic N) is 1. The van der Waals surface area contributed by atoms with Gasteiger partial charge < -0.3 is 5.11 Å². The van der Waals surface area contributed by atoms with E-state index in [0.29, 0.717) is 12.6 Å². The van der Waals surface area contributed by atoms with E-state index in [0.717, 1.165) is 13.0 Å². The lowest BCUT2D eigenvalue weighted by Gasteiger charge is -2.42. The number of fused-ring (bicyclic) bond motifs is 1. The summed E-state index contributed by atoms with van der Waals surface area (Å²) in [5.74, 6) is 0. The Morgan fingerprint density at radius 2 is 2.22 bits per heavy atom. The molecule has 0 saturated carbocycles. The van der Waals surface area contributed by atoms with Crippen LogP contribution in [0.4, 0.5) is 0 Å². The third-order valence-corrected chi connectivity index (χ3v) is 4.73. The second-order valence-electron chi connectivity index (χ2n) is 6.30. The van der Waals surface area contributed by atoms with E-state index < -0.39 is 0 Å². The third kappa shape index (κ3) is 2.08. The summed E-state index contributed by atoms with van der Waals surface area (Å²) in [6.45, 7) is 4.77. The van der Waals surface area contributed by atoms with Crippen molar-refractivity contribution in [3.63, 3.8) is 0 Å². The molecule has 1 fully saturated rings. The number of hydrogen-bond acceptors (Lipinski definition) is 2. The summed E-state index contributed by atoms with van der Waals surface area (Å²) in [5.41, 5.74) is 3.16. The molecule has 2 heteroatoms. The van der Waals surface area contributed by atoms with Gasteiger partial charge in [0.1, 0.15) is 0 Å². The van der Waals surface area contributed by atoms with Crippen molar-refractivity contribution in [1.82, 2.24) is 4.90 Å². The van der Waals surface area contributed by atoms with Crippen LogP contribution in [0.15, 0.2) is 24.3 Å². The molecule has 98 valence electrons. The van der Waals surface area contributed by atoms with E-state index in [2.05, 4.69) is 36.1 Å². The van der Waals surface area contributed by atoms with Gasteiger partial charge in [0.05, 0.1) is 0 Å². The molecule has 1 aliphatic carbocycles. The van der Waals surface area contributed by atoms with Gasteiger partial charge in [0, 0.05) is 24.6 Å². The molecule has 0 spiro atoms. The molecule has 1 aromatic carbocycles. The first-order valence-corrected chi connectivity index (χ1v) is 7.15. The number of aliphatic hydroxyl groups is 1. The lowest BCUT2D eigenvalue weighted by Crippen LogP contribution is -2.44. The number of benzene rings is 1. The van der Waals surface area contributed by atoms with Crippen molar-refractivity contribution in [1.29, 1.82) is 0 Å². The maximum Gasteiger partial charge on any atom is 0.0497 e. The minimum absolute atomic E-state index is 0.107. The zero-order valence-corrected chi connectivity index (χ0v) is 11.2. The van der Waals surface area contributed by atoms with Crippen molar-refractivity contribution in [3.8, 4) is 0 Å². The molecule has 1 N–H and O–H groups in total. The third-order valence-electron chi connectivity index (χ3n) is 4.73. The Labute approximate surface area is 110 Å². The molecule has 0 bridgehead atoms. The maximum absolute atomic E-state index is 9.58. The maximum atomic E-state index is 9.58. The van der Waals surface area contributed by atoms with Gasteiger partial charge in [-0.2, -0.15) is 0 Å². The largest absolute Gasteiger partial charge is 0.396 e. The van der Waals surface area contributed by atoms with E-state index in [9.17, 15) is 5.11 Å². The van der Waals surface area contributed by atoms with Gasteiger partial charge in [-0.05, 0) is 43.4 Å². The minimum Gasteiger partial charge on any atom is -0.396 e. The molecule has 1 aliphatic heterocycles. The number of hydrogen-bond donors (Lipinski definition) is 1. The minimum atomic E-state index is 0.107. The van der Waals surface area contributed by atoms with Gasteiger partial charge in [-0.1, -0.05) is 31.2 Å². The molecule has 1 heterocycles. The number of aliphatic hydroxyl groups excluding tert-OH is 1. The normalized spacial score (nSPS) is 32.4. The van der Waals surface area contributed by atoms with Crippen molar-refractivity contribution in [2.75, 3.05) is 19.7 Å². The summed E-state index contributed by atoms with van der Waals surface area (Å²) in [6.07, 6.45) is 4.85. The van der Waals surface area contributed by atoms with Crippen LogP contribution in [0.2, 0.25) is 0 Å². The zero-order valence-electron chi connectivity index (χ0n) is 11.2. The van der Waals surface area contributed by atoms with E-state index in [1.54, 1.807) is 0 Å². The molecule has 3 rings (SSSR count).